The fourth-order valence-corrected chi connectivity index (χ4v) is 2.47. The number of nitrogens with two attached hydrogens (primary N) is 1. The second kappa shape index (κ2) is 5.05. The maximum atomic E-state index is 14.0. The fourth-order valence-electron chi connectivity index (χ4n) is 2.47. The van der Waals surface area contributed by atoms with E-state index >= 15 is 0 Å². The van der Waals surface area contributed by atoms with Crippen LogP contribution in [0.1, 0.15) is 38.3 Å². The van der Waals surface area contributed by atoms with Crippen LogP contribution >= 0.6 is 0 Å². The lowest BCUT2D eigenvalue weighted by Crippen LogP contribution is -2.34. The van der Waals surface area contributed by atoms with E-state index in [0.717, 1.165) is 30.8 Å². The quantitative estimate of drug-likeness (QED) is 0.855. The van der Waals surface area contributed by atoms with Crippen molar-refractivity contribution >= 4 is 5.69 Å². The van der Waals surface area contributed by atoms with Gasteiger partial charge in [-0.2, -0.15) is 0 Å². The molecule has 0 spiro atoms. The summed E-state index contributed by atoms with van der Waals surface area (Å²) < 4.78 is 14.0. The van der Waals surface area contributed by atoms with Crippen molar-refractivity contribution < 1.29 is 4.39 Å². The van der Waals surface area contributed by atoms with Crippen LogP contribution in [0, 0.1) is 11.7 Å². The van der Waals surface area contributed by atoms with Crippen LogP contribution in [0.4, 0.5) is 10.1 Å². The normalized spacial score (nSPS) is 22.6. The Kier molecular flexibility index (Phi) is 3.67. The van der Waals surface area contributed by atoms with Gasteiger partial charge in [-0.3, -0.25) is 0 Å². The van der Waals surface area contributed by atoms with E-state index in [0.29, 0.717) is 5.92 Å². The Morgan fingerprint density at radius 1 is 1.47 bits per heavy atom. The van der Waals surface area contributed by atoms with Crippen molar-refractivity contribution in [1.82, 2.24) is 0 Å². The summed E-state index contributed by atoms with van der Waals surface area (Å²) in [5, 5.41) is 0. The van der Waals surface area contributed by atoms with Gasteiger partial charge in [-0.25, -0.2) is 4.39 Å². The van der Waals surface area contributed by atoms with Gasteiger partial charge in [0.05, 0.1) is 5.69 Å². The molecule has 94 valence electrons. The van der Waals surface area contributed by atoms with Gasteiger partial charge in [-0.1, -0.05) is 13.0 Å². The summed E-state index contributed by atoms with van der Waals surface area (Å²) >= 11 is 0. The molecule has 3 heteroatoms. The van der Waals surface area contributed by atoms with Gasteiger partial charge in [0.1, 0.15) is 5.82 Å². The molecule has 0 bridgehead atoms. The summed E-state index contributed by atoms with van der Waals surface area (Å²) in [6.07, 6.45) is 2.39. The van der Waals surface area contributed by atoms with Crippen LogP contribution in [0.15, 0.2) is 18.2 Å². The highest BCUT2D eigenvalue weighted by molar-refractivity contribution is 5.50. The van der Waals surface area contributed by atoms with Gasteiger partial charge in [0.25, 0.3) is 0 Å². The first kappa shape index (κ1) is 12.4. The SMILES string of the molecule is C[C@@H]1CCCN(c2ccc([C@H](C)N)cc2F)C1. The van der Waals surface area contributed by atoms with Crippen molar-refractivity contribution in [3.8, 4) is 0 Å². The maximum absolute atomic E-state index is 14.0. The zero-order chi connectivity index (χ0) is 12.4. The van der Waals surface area contributed by atoms with Crippen LogP contribution < -0.4 is 10.6 Å². The average molecular weight is 236 g/mol. The van der Waals surface area contributed by atoms with Gasteiger partial charge in [0.2, 0.25) is 0 Å². The maximum Gasteiger partial charge on any atom is 0.146 e. The Morgan fingerprint density at radius 2 is 2.24 bits per heavy atom. The minimum absolute atomic E-state index is 0.112. The Bertz CT molecular complexity index is 390. The molecule has 0 amide bonds. The number of hydrogen-bond acceptors (Lipinski definition) is 2. The smallest absolute Gasteiger partial charge is 0.146 e. The Labute approximate surface area is 103 Å². The number of nitrogens with zero attached hydrogens (tertiary/aromatic N) is 1. The molecular weight excluding hydrogens is 215 g/mol. The third-order valence-electron chi connectivity index (χ3n) is 3.50. The average Bonchev–Trinajstić information content (AvgIpc) is 2.28. The molecule has 0 aliphatic carbocycles. The minimum atomic E-state index is -0.145. The van der Waals surface area contributed by atoms with Crippen LogP contribution in [-0.2, 0) is 0 Å². The molecule has 1 saturated heterocycles. The molecule has 2 N–H and O–H groups in total. The van der Waals surface area contributed by atoms with Crippen LogP contribution in [0.5, 0.6) is 0 Å². The highest BCUT2D eigenvalue weighted by Gasteiger charge is 2.19. The van der Waals surface area contributed by atoms with E-state index in [4.69, 9.17) is 5.73 Å². The van der Waals surface area contributed by atoms with E-state index in [2.05, 4.69) is 11.8 Å². The molecule has 1 aromatic rings. The Hall–Kier alpha value is -1.09. The van der Waals surface area contributed by atoms with E-state index in [9.17, 15) is 4.39 Å². The van der Waals surface area contributed by atoms with Crippen LogP contribution in [0.2, 0.25) is 0 Å². The molecule has 1 heterocycles. The number of anilines is 1. The van der Waals surface area contributed by atoms with E-state index in [-0.39, 0.29) is 11.9 Å². The Morgan fingerprint density at radius 3 is 2.82 bits per heavy atom. The van der Waals surface area contributed by atoms with Crippen LogP contribution in [-0.4, -0.2) is 13.1 Å². The number of hydrogen-bond donors (Lipinski definition) is 1. The van der Waals surface area contributed by atoms with Crippen LogP contribution in [0.25, 0.3) is 0 Å². The molecule has 0 radical (unpaired) electrons. The van der Waals surface area contributed by atoms with Gasteiger partial charge in [-0.05, 0) is 43.4 Å². The predicted octanol–water partition coefficient (Wildman–Crippen LogP) is 3.08. The first-order valence-corrected chi connectivity index (χ1v) is 6.38. The number of benzene rings is 1. The van der Waals surface area contributed by atoms with Crippen molar-refractivity contribution in [2.75, 3.05) is 18.0 Å². The van der Waals surface area contributed by atoms with Crippen LogP contribution in [0.3, 0.4) is 0 Å². The second-order valence-corrected chi connectivity index (χ2v) is 5.19. The standard InChI is InChI=1S/C14H21FN2/c1-10-4-3-7-17(9-10)14-6-5-12(11(2)16)8-13(14)15/h5-6,8,10-11H,3-4,7,9,16H2,1-2H3/t10-,11+/m1/s1. The van der Waals surface area contributed by atoms with Crippen molar-refractivity contribution in [1.29, 1.82) is 0 Å². The van der Waals surface area contributed by atoms with E-state index in [1.165, 1.54) is 6.42 Å². The van der Waals surface area contributed by atoms with E-state index < -0.39 is 0 Å². The highest BCUT2D eigenvalue weighted by atomic mass is 19.1. The Balaban J connectivity index is 2.21. The van der Waals surface area contributed by atoms with E-state index in [1.807, 2.05) is 19.1 Å². The molecule has 1 fully saturated rings. The molecular formula is C14H21FN2. The molecule has 2 nitrogen and oxygen atoms in total. The van der Waals surface area contributed by atoms with E-state index in [1.54, 1.807) is 6.07 Å². The van der Waals surface area contributed by atoms with Gasteiger partial charge >= 0.3 is 0 Å². The molecule has 2 atom stereocenters. The van der Waals surface area contributed by atoms with Crippen molar-refractivity contribution in [2.45, 2.75) is 32.7 Å². The number of rotatable bonds is 2. The minimum Gasteiger partial charge on any atom is -0.369 e. The monoisotopic (exact) mass is 236 g/mol. The van der Waals surface area contributed by atoms with Gasteiger partial charge in [0, 0.05) is 19.1 Å². The molecule has 1 aliphatic heterocycles. The molecule has 2 rings (SSSR count). The van der Waals surface area contributed by atoms with Gasteiger partial charge in [0.15, 0.2) is 0 Å². The molecule has 0 saturated carbocycles. The lowest BCUT2D eigenvalue weighted by molar-refractivity contribution is 0.442. The molecule has 1 aromatic carbocycles. The first-order valence-electron chi connectivity index (χ1n) is 6.38. The molecule has 0 aromatic heterocycles. The van der Waals surface area contributed by atoms with Crippen molar-refractivity contribution in [3.63, 3.8) is 0 Å². The molecule has 17 heavy (non-hydrogen) atoms. The van der Waals surface area contributed by atoms with Gasteiger partial charge < -0.3 is 10.6 Å². The second-order valence-electron chi connectivity index (χ2n) is 5.19. The number of halogens is 1. The zero-order valence-electron chi connectivity index (χ0n) is 10.6. The van der Waals surface area contributed by atoms with Crippen molar-refractivity contribution in [2.24, 2.45) is 11.7 Å². The first-order chi connectivity index (χ1) is 8.08. The fraction of sp³-hybridized carbons (Fsp3) is 0.571. The third-order valence-corrected chi connectivity index (χ3v) is 3.50. The van der Waals surface area contributed by atoms with Crippen molar-refractivity contribution in [3.05, 3.63) is 29.6 Å². The topological polar surface area (TPSA) is 29.3 Å². The third kappa shape index (κ3) is 2.78. The predicted molar refractivity (Wildman–Crippen MR) is 69.6 cm³/mol. The summed E-state index contributed by atoms with van der Waals surface area (Å²) in [7, 11) is 0. The zero-order valence-corrected chi connectivity index (χ0v) is 10.6. The van der Waals surface area contributed by atoms with Gasteiger partial charge in [-0.15, -0.1) is 0 Å². The summed E-state index contributed by atoms with van der Waals surface area (Å²) in [6.45, 7) is 6.00. The number of piperidine rings is 1. The largest absolute Gasteiger partial charge is 0.369 e. The summed E-state index contributed by atoms with van der Waals surface area (Å²) in [5.74, 6) is 0.505. The lowest BCUT2D eigenvalue weighted by Gasteiger charge is -2.33. The highest BCUT2D eigenvalue weighted by Crippen LogP contribution is 2.27. The molecule has 1 aliphatic rings. The summed E-state index contributed by atoms with van der Waals surface area (Å²) in [6, 6.07) is 5.26. The summed E-state index contributed by atoms with van der Waals surface area (Å²) in [5.41, 5.74) is 7.33. The molecule has 0 unspecified atom stereocenters. The lowest BCUT2D eigenvalue weighted by atomic mass is 9.99. The summed E-state index contributed by atoms with van der Waals surface area (Å²) in [4.78, 5) is 2.15.